The van der Waals surface area contributed by atoms with Gasteiger partial charge in [0.1, 0.15) is 11.6 Å². The lowest BCUT2D eigenvalue weighted by Gasteiger charge is -2.28. The maximum atomic E-state index is 9.97. The molecule has 1 aliphatic rings. The molecule has 0 bridgehead atoms. The van der Waals surface area contributed by atoms with Crippen molar-refractivity contribution in [1.29, 1.82) is 0 Å². The van der Waals surface area contributed by atoms with E-state index in [0.29, 0.717) is 28.9 Å². The van der Waals surface area contributed by atoms with E-state index in [4.69, 9.17) is 16.2 Å². The summed E-state index contributed by atoms with van der Waals surface area (Å²) in [5.41, 5.74) is 16.7. The second-order valence-corrected chi connectivity index (χ2v) is 7.37. The highest BCUT2D eigenvalue weighted by Crippen LogP contribution is 2.37. The summed E-state index contributed by atoms with van der Waals surface area (Å²) in [6.45, 7) is 9.03. The summed E-state index contributed by atoms with van der Waals surface area (Å²) < 4.78 is 5.54. The van der Waals surface area contributed by atoms with Gasteiger partial charge in [0.25, 0.3) is 0 Å². The molecule has 0 saturated carbocycles. The Balaban J connectivity index is 0.000000469. The normalized spacial score (nSPS) is 18.8. The number of anilines is 1. The van der Waals surface area contributed by atoms with Gasteiger partial charge >= 0.3 is 0 Å². The van der Waals surface area contributed by atoms with Crippen LogP contribution in [0.4, 0.5) is 5.82 Å². The second kappa shape index (κ2) is 10.5. The van der Waals surface area contributed by atoms with Crippen LogP contribution in [0.5, 0.6) is 5.75 Å². The number of phenols is 1. The number of nitrogens with two attached hydrogens (primary N) is 2. The van der Waals surface area contributed by atoms with Crippen molar-refractivity contribution >= 4 is 23.5 Å². The number of ether oxygens (including phenoxy) is 1. The van der Waals surface area contributed by atoms with Crippen LogP contribution in [-0.2, 0) is 9.53 Å². The number of hydrogen-bond acceptors (Lipinski definition) is 5. The molecule has 0 radical (unpaired) electrons. The summed E-state index contributed by atoms with van der Waals surface area (Å²) in [7, 11) is 1.56. The topological polar surface area (TPSA) is 126 Å². The summed E-state index contributed by atoms with van der Waals surface area (Å²) in [4.78, 5) is 13.3. The molecule has 7 N–H and O–H groups in total. The Morgan fingerprint density at radius 2 is 2.10 bits per heavy atom. The highest BCUT2D eigenvalue weighted by Gasteiger charge is 2.27. The molecule has 1 fully saturated rings. The molecule has 2 atom stereocenters. The summed E-state index contributed by atoms with van der Waals surface area (Å²) in [5, 5.41) is 12.3. The lowest BCUT2D eigenvalue weighted by Crippen LogP contribution is -2.24. The van der Waals surface area contributed by atoms with Crippen LogP contribution in [0, 0.1) is 12.8 Å². The number of benzene rings is 1. The van der Waals surface area contributed by atoms with Crippen LogP contribution in [0.15, 0.2) is 36.9 Å². The van der Waals surface area contributed by atoms with Crippen LogP contribution in [0.2, 0.25) is 0 Å². The molecular formula is C23H32N4O3. The number of aromatic nitrogens is 1. The first kappa shape index (κ1) is 23.1. The minimum Gasteiger partial charge on any atom is -0.507 e. The zero-order valence-electron chi connectivity index (χ0n) is 17.9. The number of rotatable bonds is 4. The van der Waals surface area contributed by atoms with Gasteiger partial charge in [0, 0.05) is 48.7 Å². The maximum Gasteiger partial charge on any atom is 0.243 e. The van der Waals surface area contributed by atoms with Crippen molar-refractivity contribution in [3.63, 3.8) is 0 Å². The Labute approximate surface area is 177 Å². The van der Waals surface area contributed by atoms with E-state index in [1.54, 1.807) is 25.2 Å². The summed E-state index contributed by atoms with van der Waals surface area (Å²) in [6.07, 6.45) is 4.05. The number of nitrogen functional groups attached to an aromatic ring is 1. The Bertz CT molecular complexity index is 917. The van der Waals surface area contributed by atoms with Crippen LogP contribution < -0.4 is 16.8 Å². The molecule has 1 aliphatic heterocycles. The number of amides is 1. The molecule has 1 amide bonds. The van der Waals surface area contributed by atoms with Gasteiger partial charge in [0.15, 0.2) is 0 Å². The van der Waals surface area contributed by atoms with Gasteiger partial charge in [-0.15, -0.1) is 0 Å². The van der Waals surface area contributed by atoms with Gasteiger partial charge in [-0.2, -0.15) is 0 Å². The third kappa shape index (κ3) is 5.45. The minimum absolute atomic E-state index is 0.144. The zero-order valence-corrected chi connectivity index (χ0v) is 17.9. The monoisotopic (exact) mass is 412 g/mol. The standard InChI is InChI=1S/C19H25N3O2.C4H7NO/c1-11-10-24-8-7-13(11)18-12(2)15(19(21)22-18)9-16(20)14-5-3-4-6-17(14)23;1-3-4(6)5-2/h3-6,9,11,13,22-23H,7-8,10,20-21H2,1-2H3;3H,1H2,2H3,(H,5,6)/b16-9-;/t11?,13-;/m0./s1. The second-order valence-electron chi connectivity index (χ2n) is 7.37. The van der Waals surface area contributed by atoms with Gasteiger partial charge < -0.3 is 31.6 Å². The molecule has 3 rings (SSSR count). The number of hydrogen-bond donors (Lipinski definition) is 5. The average molecular weight is 413 g/mol. The zero-order chi connectivity index (χ0) is 22.3. The lowest BCUT2D eigenvalue weighted by molar-refractivity contribution is -0.116. The number of carbonyl (C=O) groups is 1. The molecule has 1 unspecified atom stereocenters. The first-order chi connectivity index (χ1) is 14.3. The largest absolute Gasteiger partial charge is 0.507 e. The number of para-hydroxylation sites is 1. The molecule has 2 aromatic rings. The van der Waals surface area contributed by atoms with Crippen molar-refractivity contribution in [2.24, 2.45) is 11.7 Å². The first-order valence-electron chi connectivity index (χ1n) is 9.95. The Morgan fingerprint density at radius 1 is 1.40 bits per heavy atom. The average Bonchev–Trinajstić information content (AvgIpc) is 3.02. The molecule has 30 heavy (non-hydrogen) atoms. The van der Waals surface area contributed by atoms with Crippen LogP contribution >= 0.6 is 0 Å². The van der Waals surface area contributed by atoms with Crippen LogP contribution in [0.3, 0.4) is 0 Å². The molecule has 7 heteroatoms. The Morgan fingerprint density at radius 3 is 2.67 bits per heavy atom. The number of H-pyrrole nitrogens is 1. The number of aromatic hydroxyl groups is 1. The molecular weight excluding hydrogens is 380 g/mol. The summed E-state index contributed by atoms with van der Waals surface area (Å²) in [5.74, 6) is 1.49. The van der Waals surface area contributed by atoms with Crippen molar-refractivity contribution in [3.05, 3.63) is 59.3 Å². The fourth-order valence-electron chi connectivity index (χ4n) is 3.57. The van der Waals surface area contributed by atoms with E-state index >= 15 is 0 Å². The molecule has 162 valence electrons. The van der Waals surface area contributed by atoms with Gasteiger partial charge in [-0.1, -0.05) is 25.6 Å². The quantitative estimate of drug-likeness (QED) is 0.493. The van der Waals surface area contributed by atoms with E-state index in [2.05, 4.69) is 30.7 Å². The molecule has 2 heterocycles. The fourth-order valence-corrected chi connectivity index (χ4v) is 3.57. The van der Waals surface area contributed by atoms with E-state index in [1.165, 1.54) is 11.8 Å². The van der Waals surface area contributed by atoms with Gasteiger partial charge in [-0.05, 0) is 49.1 Å². The Kier molecular flexibility index (Phi) is 8.12. The number of phenolic OH excluding ortho intramolecular Hbond substituents is 1. The molecule has 7 nitrogen and oxygen atoms in total. The predicted molar refractivity (Wildman–Crippen MR) is 122 cm³/mol. The van der Waals surface area contributed by atoms with Gasteiger partial charge in [-0.25, -0.2) is 0 Å². The smallest absolute Gasteiger partial charge is 0.243 e. The van der Waals surface area contributed by atoms with E-state index in [1.807, 2.05) is 12.1 Å². The van der Waals surface area contributed by atoms with Crippen molar-refractivity contribution in [2.75, 3.05) is 26.0 Å². The molecule has 1 saturated heterocycles. The number of likely N-dealkylation sites (N-methyl/N-ethyl adjacent to an activating group) is 1. The summed E-state index contributed by atoms with van der Waals surface area (Å²) >= 11 is 0. The van der Waals surface area contributed by atoms with Gasteiger partial charge in [0.05, 0.1) is 0 Å². The number of aromatic amines is 1. The van der Waals surface area contributed by atoms with Gasteiger partial charge in [-0.3, -0.25) is 4.79 Å². The third-order valence-electron chi connectivity index (χ3n) is 5.33. The van der Waals surface area contributed by atoms with Crippen molar-refractivity contribution in [3.8, 4) is 5.75 Å². The van der Waals surface area contributed by atoms with Crippen molar-refractivity contribution < 1.29 is 14.6 Å². The fraction of sp³-hybridized carbons (Fsp3) is 0.348. The summed E-state index contributed by atoms with van der Waals surface area (Å²) in [6, 6.07) is 7.03. The van der Waals surface area contributed by atoms with Crippen molar-refractivity contribution in [1.82, 2.24) is 10.3 Å². The van der Waals surface area contributed by atoms with E-state index in [0.717, 1.165) is 30.8 Å². The first-order valence-corrected chi connectivity index (χ1v) is 9.95. The molecule has 0 spiro atoms. The lowest BCUT2D eigenvalue weighted by atomic mass is 9.85. The highest BCUT2D eigenvalue weighted by atomic mass is 16.5. The van der Waals surface area contributed by atoms with Crippen molar-refractivity contribution in [2.45, 2.75) is 26.2 Å². The Hall–Kier alpha value is -3.19. The van der Waals surface area contributed by atoms with E-state index < -0.39 is 0 Å². The number of nitrogens with one attached hydrogen (secondary N) is 2. The van der Waals surface area contributed by atoms with E-state index in [-0.39, 0.29) is 11.7 Å². The predicted octanol–water partition coefficient (Wildman–Crippen LogP) is 3.13. The van der Waals surface area contributed by atoms with Crippen LogP contribution in [-0.4, -0.2) is 36.3 Å². The van der Waals surface area contributed by atoms with Gasteiger partial charge in [0.2, 0.25) is 5.91 Å². The van der Waals surface area contributed by atoms with E-state index in [9.17, 15) is 9.90 Å². The molecule has 0 aliphatic carbocycles. The molecule has 1 aromatic heterocycles. The SMILES string of the molecule is C=CC(=O)NC.Cc1c([C@H]2CCOCC2C)[nH]c(N)c1/C=C(\N)c1ccccc1O. The van der Waals surface area contributed by atoms with Crippen LogP contribution in [0.25, 0.3) is 11.8 Å². The van der Waals surface area contributed by atoms with Crippen LogP contribution in [0.1, 0.15) is 41.6 Å². The molecule has 1 aromatic carbocycles. The third-order valence-corrected chi connectivity index (χ3v) is 5.33. The minimum atomic E-state index is -0.144. The maximum absolute atomic E-state index is 9.97. The highest BCUT2D eigenvalue weighted by molar-refractivity contribution is 5.86. The number of carbonyl (C=O) groups excluding carboxylic acids is 1.